The second-order valence-corrected chi connectivity index (χ2v) is 19.8. The van der Waals surface area contributed by atoms with Gasteiger partial charge in [-0.2, -0.15) is 20.2 Å². The Labute approximate surface area is 460 Å². The summed E-state index contributed by atoms with van der Waals surface area (Å²) in [5, 5.41) is 30.6. The van der Waals surface area contributed by atoms with E-state index in [4.69, 9.17) is 28.8 Å². The molecule has 2 unspecified atom stereocenters. The third-order valence-electron chi connectivity index (χ3n) is 13.1. The Morgan fingerprint density at radius 2 is 1.00 bits per heavy atom. The predicted molar refractivity (Wildman–Crippen MR) is 298 cm³/mol. The summed E-state index contributed by atoms with van der Waals surface area (Å²) in [6, 6.07) is 23.4. The van der Waals surface area contributed by atoms with E-state index in [9.17, 15) is 19.2 Å². The second-order valence-electron chi connectivity index (χ2n) is 19.8. The van der Waals surface area contributed by atoms with E-state index in [1.165, 1.54) is 51.1 Å². The van der Waals surface area contributed by atoms with Gasteiger partial charge >= 0.3 is 11.9 Å². The first-order valence-corrected chi connectivity index (χ1v) is 25.8. The van der Waals surface area contributed by atoms with Crippen LogP contribution < -0.4 is 50.0 Å². The lowest BCUT2D eigenvalue weighted by Crippen LogP contribution is -2.47. The molecule has 6 aromatic heterocycles. The van der Waals surface area contributed by atoms with Crippen molar-refractivity contribution in [3.05, 3.63) is 132 Å². The molecule has 0 bridgehead atoms. The Morgan fingerprint density at radius 3 is 1.40 bits per heavy atom. The number of hydrogen-bond acceptors (Lipinski definition) is 19. The van der Waals surface area contributed by atoms with Gasteiger partial charge in [0.1, 0.15) is 29.9 Å². The molecular formula is C56H62N14O10. The van der Waals surface area contributed by atoms with E-state index in [0.29, 0.717) is 81.7 Å². The number of methoxy groups -OCH3 is 4. The minimum atomic E-state index is -1.03. The Hall–Kier alpha value is -9.74. The second kappa shape index (κ2) is 24.3. The maximum absolute atomic E-state index is 13.1. The molecule has 416 valence electrons. The topological polar surface area (TPSA) is 275 Å². The Kier molecular flexibility index (Phi) is 16.7. The molecule has 0 aliphatic carbocycles. The number of piperidine rings is 2. The molecule has 80 heavy (non-hydrogen) atoms. The number of esters is 1. The average molecular weight is 1090 g/mol. The van der Waals surface area contributed by atoms with Crippen molar-refractivity contribution in [1.82, 2.24) is 49.8 Å². The maximum atomic E-state index is 13.1. The van der Waals surface area contributed by atoms with Gasteiger partial charge in [0, 0.05) is 49.4 Å². The van der Waals surface area contributed by atoms with E-state index >= 15 is 0 Å². The number of rotatable bonds is 16. The number of aromatic nitrogens is 8. The van der Waals surface area contributed by atoms with Crippen LogP contribution in [0.15, 0.2) is 110 Å². The number of ether oxygens (including phenoxy) is 5. The van der Waals surface area contributed by atoms with Crippen LogP contribution in [0.5, 0.6) is 23.3 Å². The minimum Gasteiger partial charge on any atom is -0.491 e. The normalized spacial score (nSPS) is 15.2. The lowest BCUT2D eigenvalue weighted by atomic mass is 10.0. The highest BCUT2D eigenvalue weighted by Crippen LogP contribution is 2.33. The number of nitrogens with one attached hydrogen (secondary N) is 4. The van der Waals surface area contributed by atoms with Crippen LogP contribution >= 0.6 is 0 Å². The van der Waals surface area contributed by atoms with Crippen LogP contribution in [-0.4, -0.2) is 140 Å². The number of anilines is 6. The Bertz CT molecular complexity index is 3510. The smallest absolute Gasteiger partial charge is 0.338 e. The van der Waals surface area contributed by atoms with Gasteiger partial charge < -0.3 is 59.9 Å². The fraction of sp³-hybridized carbons (Fsp3) is 0.321. The Balaban J connectivity index is 0.000000195. The zero-order chi connectivity index (χ0) is 56.5. The lowest BCUT2D eigenvalue weighted by molar-refractivity contribution is 0.00688. The van der Waals surface area contributed by atoms with Crippen molar-refractivity contribution >= 4 is 69.4 Å². The SMILES string of the molecule is COc1ccc(Nc2cc(N3CCCC(NC(=O)c4ccc(C(=O)O)cc4)C3)cn3ncnc23)nc1OC.COc1ccc(Nc2cc(N3CCCC(NC(=O)c4ccc(C(=O)OC(C)(C)C)cc4)C3)cn3ncnc23)nc1OC. The summed E-state index contributed by atoms with van der Waals surface area (Å²) in [4.78, 5) is 71.4. The number of carbonyl (C=O) groups excluding carboxylic acids is 3. The number of aromatic carboxylic acids is 1. The summed E-state index contributed by atoms with van der Waals surface area (Å²) in [6.45, 7) is 8.31. The number of pyridine rings is 4. The van der Waals surface area contributed by atoms with Crippen molar-refractivity contribution in [2.75, 3.05) is 75.1 Å². The van der Waals surface area contributed by atoms with Crippen LogP contribution in [0.2, 0.25) is 0 Å². The summed E-state index contributed by atoms with van der Waals surface area (Å²) >= 11 is 0. The third kappa shape index (κ3) is 13.1. The number of carboxylic acid groups (broad SMARTS) is 1. The molecule has 5 N–H and O–H groups in total. The van der Waals surface area contributed by atoms with Gasteiger partial charge in [-0.3, -0.25) is 9.59 Å². The van der Waals surface area contributed by atoms with E-state index in [2.05, 4.69) is 61.2 Å². The molecule has 2 fully saturated rings. The molecule has 8 heterocycles. The molecule has 8 aromatic rings. The van der Waals surface area contributed by atoms with Gasteiger partial charge in [-0.15, -0.1) is 0 Å². The molecule has 0 saturated carbocycles. The summed E-state index contributed by atoms with van der Waals surface area (Å²) < 4.78 is 30.1. The standard InChI is InChI=1S/C30H35N7O5.C26H27N7O5/c1-30(2,3)42-29(39)20-10-8-19(9-11-20)27(38)33-21-7-6-14-36(16-21)22-15-23(26-31-18-32-37(26)17-22)34-25-13-12-24(40-4)28(35-25)41-5;1-37-21-9-10-22(31-25(21)38-2)30-20-12-19(14-33-23(20)27-15-28-33)32-11-3-4-18(13-32)29-24(34)16-5-7-17(8-6-16)26(35)36/h8-13,15,17-18,21H,6-7,14,16H2,1-5H3,(H,33,38)(H,34,35);5-10,12,14-15,18H,3-4,11,13H2,1-2H3,(H,29,34)(H,30,31)(H,35,36). The lowest BCUT2D eigenvalue weighted by Gasteiger charge is -2.35. The van der Waals surface area contributed by atoms with Gasteiger partial charge in [0.25, 0.3) is 23.6 Å². The van der Waals surface area contributed by atoms with E-state index in [0.717, 1.165) is 55.8 Å². The number of carbonyl (C=O) groups is 4. The molecule has 2 atom stereocenters. The summed E-state index contributed by atoms with van der Waals surface area (Å²) in [6.07, 6.45) is 10.3. The quantitative estimate of drug-likeness (QED) is 0.0597. The fourth-order valence-corrected chi connectivity index (χ4v) is 9.28. The van der Waals surface area contributed by atoms with Crippen LogP contribution in [0.1, 0.15) is 87.9 Å². The van der Waals surface area contributed by atoms with E-state index in [-0.39, 0.29) is 29.5 Å². The molecule has 10 rings (SSSR count). The first kappa shape index (κ1) is 55.0. The van der Waals surface area contributed by atoms with E-state index < -0.39 is 17.5 Å². The molecule has 2 aliphatic heterocycles. The molecule has 2 amide bonds. The van der Waals surface area contributed by atoms with Gasteiger partial charge in [-0.25, -0.2) is 28.6 Å². The Morgan fingerprint density at radius 1 is 0.575 bits per heavy atom. The highest BCUT2D eigenvalue weighted by atomic mass is 16.6. The van der Waals surface area contributed by atoms with Crippen molar-refractivity contribution in [3.8, 4) is 23.3 Å². The van der Waals surface area contributed by atoms with Crippen molar-refractivity contribution in [2.24, 2.45) is 0 Å². The van der Waals surface area contributed by atoms with Crippen LogP contribution in [0.25, 0.3) is 11.3 Å². The molecule has 2 aromatic carbocycles. The maximum Gasteiger partial charge on any atom is 0.338 e. The predicted octanol–water partition coefficient (Wildman–Crippen LogP) is 7.22. The first-order chi connectivity index (χ1) is 38.6. The van der Waals surface area contributed by atoms with Crippen LogP contribution in [-0.2, 0) is 4.74 Å². The molecule has 2 aliphatic rings. The van der Waals surface area contributed by atoms with Gasteiger partial charge in [-0.05, 0) is 131 Å². The number of nitrogens with zero attached hydrogens (tertiary/aromatic N) is 10. The van der Waals surface area contributed by atoms with Gasteiger partial charge in [0.15, 0.2) is 22.8 Å². The number of hydrogen-bond donors (Lipinski definition) is 5. The van der Waals surface area contributed by atoms with Crippen LogP contribution in [0.3, 0.4) is 0 Å². The highest BCUT2D eigenvalue weighted by Gasteiger charge is 2.27. The molecule has 2 saturated heterocycles. The monoisotopic (exact) mass is 1090 g/mol. The van der Waals surface area contributed by atoms with E-state index in [1.807, 2.05) is 45.3 Å². The van der Waals surface area contributed by atoms with Crippen molar-refractivity contribution in [3.63, 3.8) is 0 Å². The fourth-order valence-electron chi connectivity index (χ4n) is 9.28. The molecule has 24 heteroatoms. The summed E-state index contributed by atoms with van der Waals surface area (Å²) in [5.41, 5.74) is 5.42. The van der Waals surface area contributed by atoms with Gasteiger partial charge in [0.05, 0.1) is 74.7 Å². The molecule has 0 radical (unpaired) electrons. The molecular weight excluding hydrogens is 1030 g/mol. The summed E-state index contributed by atoms with van der Waals surface area (Å²) in [5.74, 6) is 1.04. The van der Waals surface area contributed by atoms with Crippen molar-refractivity contribution < 1.29 is 48.0 Å². The van der Waals surface area contributed by atoms with Gasteiger partial charge in [-0.1, -0.05) is 0 Å². The highest BCUT2D eigenvalue weighted by molar-refractivity contribution is 5.97. The van der Waals surface area contributed by atoms with Crippen LogP contribution in [0.4, 0.5) is 34.4 Å². The largest absolute Gasteiger partial charge is 0.491 e. The van der Waals surface area contributed by atoms with Crippen molar-refractivity contribution in [2.45, 2.75) is 64.1 Å². The number of benzene rings is 2. The number of fused-ring (bicyclic) bond motifs is 2. The van der Waals surface area contributed by atoms with Crippen molar-refractivity contribution in [1.29, 1.82) is 0 Å². The minimum absolute atomic E-state index is 0.0628. The summed E-state index contributed by atoms with van der Waals surface area (Å²) in [7, 11) is 6.19. The average Bonchev–Trinajstić information content (AvgIpc) is 4.16. The number of amides is 2. The third-order valence-corrected chi connectivity index (χ3v) is 13.1. The van der Waals surface area contributed by atoms with Crippen LogP contribution in [0, 0.1) is 0 Å². The van der Waals surface area contributed by atoms with E-state index in [1.54, 1.807) is 71.8 Å². The number of carboxylic acids is 1. The zero-order valence-electron chi connectivity index (χ0n) is 45.3. The zero-order valence-corrected chi connectivity index (χ0v) is 45.3. The molecule has 0 spiro atoms. The molecule has 24 nitrogen and oxygen atoms in total. The first-order valence-electron chi connectivity index (χ1n) is 25.8. The van der Waals surface area contributed by atoms with Gasteiger partial charge in [0.2, 0.25) is 0 Å².